The molecule has 5 heteroatoms. The molecule has 0 spiro atoms. The Bertz CT molecular complexity index is 872. The van der Waals surface area contributed by atoms with Gasteiger partial charge in [0, 0.05) is 18.7 Å². The lowest BCUT2D eigenvalue weighted by Crippen LogP contribution is -2.38. The van der Waals surface area contributed by atoms with Gasteiger partial charge in [-0.15, -0.1) is 0 Å². The number of amides is 2. The van der Waals surface area contributed by atoms with E-state index in [0.717, 1.165) is 48.5 Å². The maximum Gasteiger partial charge on any atom is 0.265 e. The summed E-state index contributed by atoms with van der Waals surface area (Å²) < 4.78 is 5.57. The number of piperidine rings is 1. The second-order valence-corrected chi connectivity index (χ2v) is 7.29. The molecule has 27 heavy (non-hydrogen) atoms. The first kappa shape index (κ1) is 17.6. The van der Waals surface area contributed by atoms with Crippen LogP contribution in [0.25, 0.3) is 0 Å². The van der Waals surface area contributed by atoms with E-state index in [2.05, 4.69) is 0 Å². The zero-order valence-electron chi connectivity index (χ0n) is 15.6. The fraction of sp³-hybridized carbons (Fsp3) is 0.364. The van der Waals surface area contributed by atoms with E-state index in [1.165, 1.54) is 6.42 Å². The highest BCUT2D eigenvalue weighted by atomic mass is 16.5. The molecule has 2 heterocycles. The maximum atomic E-state index is 12.8. The van der Waals surface area contributed by atoms with Gasteiger partial charge in [0.05, 0.1) is 12.2 Å². The average Bonchev–Trinajstić information content (AvgIpc) is 2.70. The molecule has 2 aliphatic rings. The number of nitrogens with zero attached hydrogens (tertiary/aromatic N) is 2. The highest BCUT2D eigenvalue weighted by Gasteiger charge is 2.26. The molecule has 0 bridgehead atoms. The molecule has 0 N–H and O–H groups in total. The van der Waals surface area contributed by atoms with Gasteiger partial charge in [-0.25, -0.2) is 0 Å². The van der Waals surface area contributed by atoms with E-state index in [9.17, 15) is 9.59 Å². The van der Waals surface area contributed by atoms with Crippen molar-refractivity contribution in [1.82, 2.24) is 4.90 Å². The molecular formula is C22H24N2O3. The number of likely N-dealkylation sites (tertiary alicyclic amines) is 1. The third-order valence-electron chi connectivity index (χ3n) is 5.22. The number of carbonyl (C=O) groups excluding carboxylic acids is 2. The van der Waals surface area contributed by atoms with Crippen LogP contribution in [-0.2, 0) is 11.3 Å². The summed E-state index contributed by atoms with van der Waals surface area (Å²) in [6.45, 7) is 4.14. The summed E-state index contributed by atoms with van der Waals surface area (Å²) in [4.78, 5) is 28.9. The topological polar surface area (TPSA) is 49.9 Å². The molecule has 0 unspecified atom stereocenters. The van der Waals surface area contributed by atoms with Crippen molar-refractivity contribution in [1.29, 1.82) is 0 Å². The number of rotatable bonds is 3. The summed E-state index contributed by atoms with van der Waals surface area (Å²) in [6, 6.07) is 13.5. The SMILES string of the molecule is Cc1ccc2c(c1)OCC(=O)N2Cc1cccc(C(=O)N2CCCCC2)c1. The van der Waals surface area contributed by atoms with E-state index in [1.54, 1.807) is 4.90 Å². The summed E-state index contributed by atoms with van der Waals surface area (Å²) in [7, 11) is 0. The summed E-state index contributed by atoms with van der Waals surface area (Å²) in [5.74, 6) is 0.745. The van der Waals surface area contributed by atoms with Gasteiger partial charge in [0.1, 0.15) is 5.75 Å². The van der Waals surface area contributed by atoms with Gasteiger partial charge >= 0.3 is 0 Å². The molecule has 0 saturated carbocycles. The van der Waals surface area contributed by atoms with E-state index >= 15 is 0 Å². The van der Waals surface area contributed by atoms with Crippen molar-refractivity contribution in [3.8, 4) is 5.75 Å². The number of hydrogen-bond acceptors (Lipinski definition) is 3. The zero-order valence-corrected chi connectivity index (χ0v) is 15.6. The van der Waals surface area contributed by atoms with Crippen molar-refractivity contribution >= 4 is 17.5 Å². The highest BCUT2D eigenvalue weighted by molar-refractivity contribution is 5.98. The fourth-order valence-electron chi connectivity index (χ4n) is 3.75. The molecule has 4 rings (SSSR count). The van der Waals surface area contributed by atoms with Crippen LogP contribution in [0.4, 0.5) is 5.69 Å². The first-order chi connectivity index (χ1) is 13.1. The Morgan fingerprint density at radius 1 is 1.07 bits per heavy atom. The molecule has 140 valence electrons. The smallest absolute Gasteiger partial charge is 0.265 e. The van der Waals surface area contributed by atoms with Crippen LogP contribution in [0.2, 0.25) is 0 Å². The van der Waals surface area contributed by atoms with E-state index in [4.69, 9.17) is 4.74 Å². The van der Waals surface area contributed by atoms with Crippen molar-refractivity contribution in [2.24, 2.45) is 0 Å². The van der Waals surface area contributed by atoms with E-state index in [-0.39, 0.29) is 18.4 Å². The van der Waals surface area contributed by atoms with Gasteiger partial charge < -0.3 is 14.5 Å². The lowest BCUT2D eigenvalue weighted by molar-refractivity contribution is -0.121. The molecule has 1 saturated heterocycles. The number of hydrogen-bond donors (Lipinski definition) is 0. The predicted octanol–water partition coefficient (Wildman–Crippen LogP) is 3.55. The van der Waals surface area contributed by atoms with Crippen molar-refractivity contribution in [2.75, 3.05) is 24.6 Å². The molecule has 2 aliphatic heterocycles. The fourth-order valence-corrected chi connectivity index (χ4v) is 3.75. The minimum atomic E-state index is -0.0703. The Morgan fingerprint density at radius 2 is 1.89 bits per heavy atom. The van der Waals surface area contributed by atoms with Gasteiger partial charge in [0.15, 0.2) is 6.61 Å². The first-order valence-electron chi connectivity index (χ1n) is 9.54. The molecule has 0 aromatic heterocycles. The molecule has 2 aromatic rings. The third kappa shape index (κ3) is 3.68. The Hall–Kier alpha value is -2.82. The van der Waals surface area contributed by atoms with Crippen molar-refractivity contribution < 1.29 is 14.3 Å². The largest absolute Gasteiger partial charge is 0.482 e. The Balaban J connectivity index is 1.56. The van der Waals surface area contributed by atoms with Crippen molar-refractivity contribution in [2.45, 2.75) is 32.7 Å². The number of aryl methyl sites for hydroxylation is 1. The standard InChI is InChI=1S/C22H24N2O3/c1-16-8-9-19-20(12-16)27-15-21(25)24(19)14-17-6-5-7-18(13-17)22(26)23-10-3-2-4-11-23/h5-9,12-13H,2-4,10-11,14-15H2,1H3. The lowest BCUT2D eigenvalue weighted by Gasteiger charge is -2.30. The second-order valence-electron chi connectivity index (χ2n) is 7.29. The summed E-state index contributed by atoms with van der Waals surface area (Å²) >= 11 is 0. The van der Waals surface area contributed by atoms with Gasteiger partial charge in [0.25, 0.3) is 11.8 Å². The molecule has 2 aromatic carbocycles. The van der Waals surface area contributed by atoms with Crippen LogP contribution in [0, 0.1) is 6.92 Å². The summed E-state index contributed by atoms with van der Waals surface area (Å²) in [5.41, 5.74) is 3.51. The normalized spacial score (nSPS) is 16.7. The van der Waals surface area contributed by atoms with Crippen LogP contribution in [0.3, 0.4) is 0 Å². The third-order valence-corrected chi connectivity index (χ3v) is 5.22. The van der Waals surface area contributed by atoms with Crippen LogP contribution in [0.1, 0.15) is 40.7 Å². The molecule has 2 amide bonds. The molecule has 1 fully saturated rings. The van der Waals surface area contributed by atoms with Crippen LogP contribution in [0.15, 0.2) is 42.5 Å². The van der Waals surface area contributed by atoms with E-state index < -0.39 is 0 Å². The van der Waals surface area contributed by atoms with Gasteiger partial charge in [-0.2, -0.15) is 0 Å². The lowest BCUT2D eigenvalue weighted by atomic mass is 10.1. The van der Waals surface area contributed by atoms with Crippen LogP contribution >= 0.6 is 0 Å². The first-order valence-corrected chi connectivity index (χ1v) is 9.54. The van der Waals surface area contributed by atoms with Gasteiger partial charge in [-0.3, -0.25) is 9.59 Å². The highest BCUT2D eigenvalue weighted by Crippen LogP contribution is 2.33. The number of carbonyl (C=O) groups is 2. The number of ether oxygens (including phenoxy) is 1. The van der Waals surface area contributed by atoms with Gasteiger partial charge in [0.2, 0.25) is 0 Å². The van der Waals surface area contributed by atoms with Crippen molar-refractivity contribution in [3.63, 3.8) is 0 Å². The van der Waals surface area contributed by atoms with Crippen LogP contribution in [-0.4, -0.2) is 36.4 Å². The summed E-state index contributed by atoms with van der Waals surface area (Å²) in [6.07, 6.45) is 3.34. The summed E-state index contributed by atoms with van der Waals surface area (Å²) in [5, 5.41) is 0. The number of fused-ring (bicyclic) bond motifs is 1. The molecule has 5 nitrogen and oxygen atoms in total. The molecular weight excluding hydrogens is 340 g/mol. The van der Waals surface area contributed by atoms with E-state index in [0.29, 0.717) is 12.1 Å². The maximum absolute atomic E-state index is 12.8. The number of benzene rings is 2. The zero-order chi connectivity index (χ0) is 18.8. The van der Waals surface area contributed by atoms with Gasteiger partial charge in [-0.05, 0) is 61.6 Å². The predicted molar refractivity (Wildman–Crippen MR) is 104 cm³/mol. The van der Waals surface area contributed by atoms with Gasteiger partial charge in [-0.1, -0.05) is 18.2 Å². The molecule has 0 atom stereocenters. The van der Waals surface area contributed by atoms with Crippen LogP contribution < -0.4 is 9.64 Å². The molecule has 0 aliphatic carbocycles. The Kier molecular flexibility index (Phi) is 4.84. The minimum Gasteiger partial charge on any atom is -0.482 e. The minimum absolute atomic E-state index is 0.0445. The second kappa shape index (κ2) is 7.43. The average molecular weight is 364 g/mol. The van der Waals surface area contributed by atoms with Crippen molar-refractivity contribution in [3.05, 3.63) is 59.2 Å². The number of anilines is 1. The van der Waals surface area contributed by atoms with E-state index in [1.807, 2.05) is 54.3 Å². The monoisotopic (exact) mass is 364 g/mol. The Labute approximate surface area is 159 Å². The van der Waals surface area contributed by atoms with Crippen LogP contribution in [0.5, 0.6) is 5.75 Å². The quantitative estimate of drug-likeness (QED) is 0.837. The molecule has 0 radical (unpaired) electrons. The Morgan fingerprint density at radius 3 is 2.70 bits per heavy atom.